The molecule has 1 fully saturated rings. The van der Waals surface area contributed by atoms with E-state index in [1.54, 1.807) is 24.3 Å². The molecule has 25 heavy (non-hydrogen) atoms. The highest BCUT2D eigenvalue weighted by Crippen LogP contribution is 2.27. The zero-order chi connectivity index (χ0) is 17.8. The van der Waals surface area contributed by atoms with E-state index in [-0.39, 0.29) is 12.5 Å². The standard InChI is InChI=1S/C17H16Cl2N4O2/c18-12-6-5-11(9-13(12)19)21-17(25)22-14-3-1-2-4-15(14)23-8-7-20-16(24)10-23/h1-6,9H,7-8,10H2,(H,20,24)(H2,21,22,25). The number of piperazine rings is 1. The molecule has 0 saturated carbocycles. The smallest absolute Gasteiger partial charge is 0.323 e. The third-order valence-corrected chi connectivity index (χ3v) is 4.45. The van der Waals surface area contributed by atoms with Crippen molar-refractivity contribution in [2.45, 2.75) is 0 Å². The van der Waals surface area contributed by atoms with E-state index in [0.717, 1.165) is 5.69 Å². The first-order valence-corrected chi connectivity index (χ1v) is 8.42. The summed E-state index contributed by atoms with van der Waals surface area (Å²) in [6.45, 7) is 1.51. The van der Waals surface area contributed by atoms with Crippen LogP contribution in [0.15, 0.2) is 42.5 Å². The molecular weight excluding hydrogens is 363 g/mol. The molecule has 1 aliphatic rings. The highest BCUT2D eigenvalue weighted by atomic mass is 35.5. The average molecular weight is 379 g/mol. The van der Waals surface area contributed by atoms with E-state index >= 15 is 0 Å². The van der Waals surface area contributed by atoms with Gasteiger partial charge in [0.05, 0.1) is 28.0 Å². The molecule has 3 amide bonds. The largest absolute Gasteiger partial charge is 0.359 e. The summed E-state index contributed by atoms with van der Waals surface area (Å²) in [5.41, 5.74) is 1.94. The number of nitrogens with zero attached hydrogens (tertiary/aromatic N) is 1. The fourth-order valence-electron chi connectivity index (χ4n) is 2.56. The summed E-state index contributed by atoms with van der Waals surface area (Å²) in [7, 11) is 0. The van der Waals surface area contributed by atoms with Gasteiger partial charge in [-0.3, -0.25) is 4.79 Å². The summed E-state index contributed by atoms with van der Waals surface area (Å²) in [5.74, 6) is -0.0405. The van der Waals surface area contributed by atoms with Gasteiger partial charge >= 0.3 is 6.03 Å². The maximum absolute atomic E-state index is 12.3. The Morgan fingerprint density at radius 2 is 1.88 bits per heavy atom. The van der Waals surface area contributed by atoms with Gasteiger partial charge in [-0.15, -0.1) is 0 Å². The first-order chi connectivity index (χ1) is 12.0. The number of amides is 3. The van der Waals surface area contributed by atoms with E-state index in [4.69, 9.17) is 23.2 Å². The van der Waals surface area contributed by atoms with Crippen molar-refractivity contribution in [3.05, 3.63) is 52.5 Å². The maximum Gasteiger partial charge on any atom is 0.323 e. The Morgan fingerprint density at radius 1 is 1.08 bits per heavy atom. The quantitative estimate of drug-likeness (QED) is 0.764. The van der Waals surface area contributed by atoms with Crippen molar-refractivity contribution >= 4 is 52.2 Å². The molecule has 1 aliphatic heterocycles. The Bertz CT molecular complexity index is 813. The van der Waals surface area contributed by atoms with Crippen LogP contribution in [0.2, 0.25) is 10.0 Å². The summed E-state index contributed by atoms with van der Waals surface area (Å²) < 4.78 is 0. The first kappa shape index (κ1) is 17.4. The number of rotatable bonds is 3. The van der Waals surface area contributed by atoms with Crippen LogP contribution < -0.4 is 20.9 Å². The number of urea groups is 1. The number of anilines is 3. The lowest BCUT2D eigenvalue weighted by atomic mass is 10.2. The highest BCUT2D eigenvalue weighted by molar-refractivity contribution is 6.42. The molecule has 2 aromatic carbocycles. The van der Waals surface area contributed by atoms with Crippen LogP contribution in [-0.2, 0) is 4.79 Å². The Kier molecular flexibility index (Phi) is 5.31. The second-order valence-electron chi connectivity index (χ2n) is 5.50. The number of hydrogen-bond acceptors (Lipinski definition) is 3. The Labute approximate surface area is 155 Å². The Hall–Kier alpha value is -2.44. The van der Waals surface area contributed by atoms with Crippen LogP contribution in [0.1, 0.15) is 0 Å². The number of para-hydroxylation sites is 2. The molecular formula is C17H16Cl2N4O2. The Morgan fingerprint density at radius 3 is 2.64 bits per heavy atom. The number of nitrogens with one attached hydrogen (secondary N) is 3. The van der Waals surface area contributed by atoms with Crippen molar-refractivity contribution in [2.75, 3.05) is 35.2 Å². The fraction of sp³-hybridized carbons (Fsp3) is 0.176. The van der Waals surface area contributed by atoms with Crippen molar-refractivity contribution in [3.63, 3.8) is 0 Å². The van der Waals surface area contributed by atoms with E-state index < -0.39 is 6.03 Å². The van der Waals surface area contributed by atoms with Gasteiger partial charge in [0.25, 0.3) is 0 Å². The number of halogens is 2. The van der Waals surface area contributed by atoms with Gasteiger partial charge in [-0.2, -0.15) is 0 Å². The Balaban J connectivity index is 1.72. The molecule has 8 heteroatoms. The minimum Gasteiger partial charge on any atom is -0.359 e. The van der Waals surface area contributed by atoms with Gasteiger partial charge in [-0.1, -0.05) is 35.3 Å². The van der Waals surface area contributed by atoms with Crippen molar-refractivity contribution < 1.29 is 9.59 Å². The molecule has 2 aromatic rings. The van der Waals surface area contributed by atoms with Gasteiger partial charge in [0.15, 0.2) is 0 Å². The summed E-state index contributed by atoms with van der Waals surface area (Å²) >= 11 is 11.8. The molecule has 6 nitrogen and oxygen atoms in total. The van der Waals surface area contributed by atoms with Gasteiger partial charge in [0, 0.05) is 18.8 Å². The zero-order valence-corrected chi connectivity index (χ0v) is 14.7. The first-order valence-electron chi connectivity index (χ1n) is 7.66. The second kappa shape index (κ2) is 7.63. The van der Waals surface area contributed by atoms with Crippen LogP contribution in [0.3, 0.4) is 0 Å². The molecule has 1 heterocycles. The topological polar surface area (TPSA) is 73.5 Å². The number of carbonyl (C=O) groups excluding carboxylic acids is 2. The minimum atomic E-state index is -0.410. The maximum atomic E-state index is 12.3. The summed E-state index contributed by atoms with van der Waals surface area (Å²) in [6, 6.07) is 11.8. The van der Waals surface area contributed by atoms with Crippen molar-refractivity contribution in [1.82, 2.24) is 5.32 Å². The summed E-state index contributed by atoms with van der Waals surface area (Å²) in [6.07, 6.45) is 0. The van der Waals surface area contributed by atoms with E-state index in [1.165, 1.54) is 0 Å². The molecule has 1 saturated heterocycles. The van der Waals surface area contributed by atoms with E-state index in [0.29, 0.717) is 34.5 Å². The van der Waals surface area contributed by atoms with Gasteiger partial charge < -0.3 is 20.9 Å². The predicted octanol–water partition coefficient (Wildman–Crippen LogP) is 3.57. The summed E-state index contributed by atoms with van der Waals surface area (Å²) in [4.78, 5) is 25.8. The number of hydrogen-bond donors (Lipinski definition) is 3. The monoisotopic (exact) mass is 378 g/mol. The van der Waals surface area contributed by atoms with E-state index in [9.17, 15) is 9.59 Å². The lowest BCUT2D eigenvalue weighted by Crippen LogP contribution is -2.48. The zero-order valence-electron chi connectivity index (χ0n) is 13.2. The van der Waals surface area contributed by atoms with Gasteiger partial charge in [-0.05, 0) is 30.3 Å². The minimum absolute atomic E-state index is 0.0405. The lowest BCUT2D eigenvalue weighted by Gasteiger charge is -2.30. The molecule has 0 aliphatic carbocycles. The SMILES string of the molecule is O=C1CN(c2ccccc2NC(=O)Nc2ccc(Cl)c(Cl)c2)CCN1. The third kappa shape index (κ3) is 4.35. The molecule has 0 radical (unpaired) electrons. The lowest BCUT2D eigenvalue weighted by molar-refractivity contribution is -0.120. The van der Waals surface area contributed by atoms with Crippen LogP contribution in [0.4, 0.5) is 21.9 Å². The fourth-order valence-corrected chi connectivity index (χ4v) is 2.86. The second-order valence-corrected chi connectivity index (χ2v) is 6.31. The molecule has 3 N–H and O–H groups in total. The highest BCUT2D eigenvalue weighted by Gasteiger charge is 2.19. The van der Waals surface area contributed by atoms with Gasteiger partial charge in [0.1, 0.15) is 0 Å². The van der Waals surface area contributed by atoms with Gasteiger partial charge in [-0.25, -0.2) is 4.79 Å². The molecule has 3 rings (SSSR count). The summed E-state index contributed by atoms with van der Waals surface area (Å²) in [5, 5.41) is 9.07. The molecule has 0 aromatic heterocycles. The van der Waals surface area contributed by atoms with Crippen molar-refractivity contribution in [3.8, 4) is 0 Å². The van der Waals surface area contributed by atoms with Crippen LogP contribution in [-0.4, -0.2) is 31.6 Å². The molecule has 0 bridgehead atoms. The predicted molar refractivity (Wildman–Crippen MR) is 101 cm³/mol. The number of carbonyl (C=O) groups is 2. The van der Waals surface area contributed by atoms with Crippen LogP contribution in [0, 0.1) is 0 Å². The van der Waals surface area contributed by atoms with Crippen LogP contribution >= 0.6 is 23.2 Å². The molecule has 130 valence electrons. The van der Waals surface area contributed by atoms with Gasteiger partial charge in [0.2, 0.25) is 5.91 Å². The van der Waals surface area contributed by atoms with Crippen molar-refractivity contribution in [2.24, 2.45) is 0 Å². The van der Waals surface area contributed by atoms with E-state index in [1.807, 2.05) is 23.1 Å². The molecule has 0 spiro atoms. The van der Waals surface area contributed by atoms with Crippen LogP contribution in [0.25, 0.3) is 0 Å². The molecule has 0 atom stereocenters. The number of benzene rings is 2. The van der Waals surface area contributed by atoms with Crippen molar-refractivity contribution in [1.29, 1.82) is 0 Å². The van der Waals surface area contributed by atoms with Crippen LogP contribution in [0.5, 0.6) is 0 Å². The molecule has 0 unspecified atom stereocenters. The normalized spacial score (nSPS) is 14.0. The van der Waals surface area contributed by atoms with E-state index in [2.05, 4.69) is 16.0 Å². The third-order valence-electron chi connectivity index (χ3n) is 3.71. The average Bonchev–Trinajstić information content (AvgIpc) is 2.58.